The van der Waals surface area contributed by atoms with Gasteiger partial charge in [-0.05, 0) is 25.7 Å². The molecule has 0 aliphatic heterocycles. The lowest BCUT2D eigenvalue weighted by molar-refractivity contribution is -0.144. The van der Waals surface area contributed by atoms with Gasteiger partial charge in [0.25, 0.3) is 0 Å². The molecule has 0 aliphatic carbocycles. The van der Waals surface area contributed by atoms with Crippen molar-refractivity contribution in [1.29, 1.82) is 0 Å². The number of carboxylic acid groups (broad SMARTS) is 1. The quantitative estimate of drug-likeness (QED) is 0.172. The fourth-order valence-corrected chi connectivity index (χ4v) is 3.09. The minimum Gasteiger partial charge on any atom is -0.478 e. The van der Waals surface area contributed by atoms with Crippen LogP contribution in [-0.4, -0.2) is 23.1 Å². The molecule has 0 aromatic rings. The first-order valence-electron chi connectivity index (χ1n) is 10.7. The summed E-state index contributed by atoms with van der Waals surface area (Å²) in [5.74, 6) is -1.66. The summed E-state index contributed by atoms with van der Waals surface area (Å²) in [6, 6.07) is 0. The molecule has 1 unspecified atom stereocenters. The maximum atomic E-state index is 11.8. The van der Waals surface area contributed by atoms with Crippen molar-refractivity contribution in [2.45, 2.75) is 116 Å². The Hall–Kier alpha value is -1.32. The Bertz CT molecular complexity index is 376. The lowest BCUT2D eigenvalue weighted by atomic mass is 10.0. The van der Waals surface area contributed by atoms with Gasteiger partial charge in [-0.25, -0.2) is 9.59 Å². The van der Waals surface area contributed by atoms with E-state index in [0.717, 1.165) is 37.8 Å². The smallest absolute Gasteiger partial charge is 0.331 e. The maximum Gasteiger partial charge on any atom is 0.331 e. The van der Waals surface area contributed by atoms with Gasteiger partial charge in [-0.3, -0.25) is 0 Å². The molecule has 1 N–H and O–H groups in total. The summed E-state index contributed by atoms with van der Waals surface area (Å²) in [6.07, 6.45) is 19.5. The number of esters is 1. The van der Waals surface area contributed by atoms with Gasteiger partial charge in [-0.1, -0.05) is 84.5 Å². The van der Waals surface area contributed by atoms with E-state index >= 15 is 0 Å². The highest BCUT2D eigenvalue weighted by atomic mass is 16.5. The van der Waals surface area contributed by atoms with Crippen molar-refractivity contribution in [3.63, 3.8) is 0 Å². The highest BCUT2D eigenvalue weighted by Gasteiger charge is 2.13. The summed E-state index contributed by atoms with van der Waals surface area (Å²) in [5, 5.41) is 8.61. The van der Waals surface area contributed by atoms with Crippen molar-refractivity contribution >= 4 is 11.9 Å². The van der Waals surface area contributed by atoms with Gasteiger partial charge in [0, 0.05) is 12.2 Å². The van der Waals surface area contributed by atoms with E-state index in [4.69, 9.17) is 9.84 Å². The van der Waals surface area contributed by atoms with E-state index in [2.05, 4.69) is 13.8 Å². The normalized spacial score (nSPS) is 12.4. The molecule has 1 atom stereocenters. The van der Waals surface area contributed by atoms with E-state index in [1.807, 2.05) is 0 Å². The van der Waals surface area contributed by atoms with E-state index in [1.54, 1.807) is 0 Å². The minimum atomic E-state index is -1.12. The Morgan fingerprint density at radius 3 is 1.58 bits per heavy atom. The molecule has 0 aromatic carbocycles. The van der Waals surface area contributed by atoms with Crippen LogP contribution in [0.4, 0.5) is 0 Å². The SMILES string of the molecule is CCCCCCCCCC(CCCCCCCC)OC(=O)/C=C\C(=O)O. The molecule has 4 nitrogen and oxygen atoms in total. The molecule has 152 valence electrons. The molecule has 0 amide bonds. The fraction of sp³-hybridized carbons (Fsp3) is 0.818. The third-order valence-corrected chi connectivity index (χ3v) is 4.65. The monoisotopic (exact) mass is 368 g/mol. The Kier molecular flexibility index (Phi) is 17.5. The van der Waals surface area contributed by atoms with Gasteiger partial charge in [-0.15, -0.1) is 0 Å². The highest BCUT2D eigenvalue weighted by molar-refractivity contribution is 5.90. The highest BCUT2D eigenvalue weighted by Crippen LogP contribution is 2.17. The van der Waals surface area contributed by atoms with Crippen molar-refractivity contribution in [1.82, 2.24) is 0 Å². The van der Waals surface area contributed by atoms with Crippen LogP contribution in [0.15, 0.2) is 12.2 Å². The molecule has 0 saturated heterocycles. The average Bonchev–Trinajstić information content (AvgIpc) is 2.61. The first-order valence-corrected chi connectivity index (χ1v) is 10.7. The minimum absolute atomic E-state index is 0.0808. The number of hydrogen-bond acceptors (Lipinski definition) is 3. The maximum absolute atomic E-state index is 11.8. The van der Waals surface area contributed by atoms with Crippen LogP contribution in [0.3, 0.4) is 0 Å². The van der Waals surface area contributed by atoms with Gasteiger partial charge in [0.2, 0.25) is 0 Å². The van der Waals surface area contributed by atoms with E-state index in [9.17, 15) is 9.59 Å². The summed E-state index contributed by atoms with van der Waals surface area (Å²) in [6.45, 7) is 4.43. The number of aliphatic carboxylic acids is 1. The number of carbonyl (C=O) groups excluding carboxylic acids is 1. The third kappa shape index (κ3) is 17.5. The van der Waals surface area contributed by atoms with Crippen LogP contribution in [0.5, 0.6) is 0 Å². The number of carbonyl (C=O) groups is 2. The van der Waals surface area contributed by atoms with E-state index in [-0.39, 0.29) is 6.10 Å². The second kappa shape index (κ2) is 18.5. The fourth-order valence-electron chi connectivity index (χ4n) is 3.09. The second-order valence-corrected chi connectivity index (χ2v) is 7.20. The molecular formula is C22H40O4. The Labute approximate surface area is 160 Å². The molecule has 0 saturated carbocycles. The standard InChI is InChI=1S/C22H40O4/c1-3-5-7-9-11-13-15-17-20(16-14-12-10-8-6-4-2)26-22(25)19-18-21(23)24/h18-20H,3-17H2,1-2H3,(H,23,24)/b19-18-. The van der Waals surface area contributed by atoms with Gasteiger partial charge < -0.3 is 9.84 Å². The molecule has 0 fully saturated rings. The van der Waals surface area contributed by atoms with Crippen molar-refractivity contribution < 1.29 is 19.4 Å². The molecule has 0 rings (SSSR count). The molecule has 0 spiro atoms. The third-order valence-electron chi connectivity index (χ3n) is 4.65. The van der Waals surface area contributed by atoms with Crippen molar-refractivity contribution in [2.24, 2.45) is 0 Å². The van der Waals surface area contributed by atoms with Gasteiger partial charge in [0.05, 0.1) is 0 Å². The molecule has 0 radical (unpaired) electrons. The Balaban J connectivity index is 4.10. The first kappa shape index (κ1) is 24.7. The predicted molar refractivity (Wildman–Crippen MR) is 107 cm³/mol. The first-order chi connectivity index (χ1) is 12.6. The van der Waals surface area contributed by atoms with Crippen LogP contribution in [0.2, 0.25) is 0 Å². The number of carboxylic acids is 1. The molecule has 0 heterocycles. The zero-order valence-corrected chi connectivity index (χ0v) is 17.0. The van der Waals surface area contributed by atoms with Gasteiger partial charge in [0.15, 0.2) is 0 Å². The van der Waals surface area contributed by atoms with Crippen molar-refractivity contribution in [2.75, 3.05) is 0 Å². The molecule has 0 aliphatic rings. The van der Waals surface area contributed by atoms with Crippen molar-refractivity contribution in [3.8, 4) is 0 Å². The van der Waals surface area contributed by atoms with Crippen LogP contribution in [0, 0.1) is 0 Å². The number of rotatable bonds is 18. The topological polar surface area (TPSA) is 63.6 Å². The predicted octanol–water partition coefficient (Wildman–Crippen LogP) is 6.43. The van der Waals surface area contributed by atoms with E-state index in [0.29, 0.717) is 0 Å². The van der Waals surface area contributed by atoms with E-state index < -0.39 is 11.9 Å². The van der Waals surface area contributed by atoms with Crippen LogP contribution in [0.25, 0.3) is 0 Å². The molecule has 26 heavy (non-hydrogen) atoms. The largest absolute Gasteiger partial charge is 0.478 e. The number of hydrogen-bond donors (Lipinski definition) is 1. The van der Waals surface area contributed by atoms with Crippen LogP contribution in [-0.2, 0) is 14.3 Å². The van der Waals surface area contributed by atoms with Gasteiger partial charge >= 0.3 is 11.9 Å². The number of ether oxygens (including phenoxy) is 1. The summed E-state index contributed by atoms with van der Waals surface area (Å²) >= 11 is 0. The average molecular weight is 369 g/mol. The molecule has 0 bridgehead atoms. The molecular weight excluding hydrogens is 328 g/mol. The summed E-state index contributed by atoms with van der Waals surface area (Å²) in [7, 11) is 0. The Morgan fingerprint density at radius 1 is 0.731 bits per heavy atom. The van der Waals surface area contributed by atoms with Crippen LogP contribution < -0.4 is 0 Å². The van der Waals surface area contributed by atoms with Gasteiger partial charge in [-0.2, -0.15) is 0 Å². The lowest BCUT2D eigenvalue weighted by Gasteiger charge is -2.17. The van der Waals surface area contributed by atoms with E-state index in [1.165, 1.54) is 70.6 Å². The second-order valence-electron chi connectivity index (χ2n) is 7.20. The van der Waals surface area contributed by atoms with Gasteiger partial charge in [0.1, 0.15) is 6.10 Å². The summed E-state index contributed by atoms with van der Waals surface area (Å²) in [5.41, 5.74) is 0. The molecule has 0 aromatic heterocycles. The lowest BCUT2D eigenvalue weighted by Crippen LogP contribution is -2.17. The summed E-state index contributed by atoms with van der Waals surface area (Å²) in [4.78, 5) is 22.3. The van der Waals surface area contributed by atoms with Crippen LogP contribution >= 0.6 is 0 Å². The molecule has 4 heteroatoms. The Morgan fingerprint density at radius 2 is 1.15 bits per heavy atom. The number of unbranched alkanes of at least 4 members (excludes halogenated alkanes) is 11. The summed E-state index contributed by atoms with van der Waals surface area (Å²) < 4.78 is 5.48. The van der Waals surface area contributed by atoms with Crippen LogP contribution in [0.1, 0.15) is 110 Å². The zero-order chi connectivity index (χ0) is 19.5. The van der Waals surface area contributed by atoms with Crippen molar-refractivity contribution in [3.05, 3.63) is 12.2 Å². The zero-order valence-electron chi connectivity index (χ0n) is 17.0.